The Kier molecular flexibility index (Phi) is 6.19. The highest BCUT2D eigenvalue weighted by Gasteiger charge is 2.17. The molecule has 2 aromatic carbocycles. The van der Waals surface area contributed by atoms with Crippen LogP contribution < -0.4 is 10.3 Å². The summed E-state index contributed by atoms with van der Waals surface area (Å²) in [5.74, 6) is 0.0377. The van der Waals surface area contributed by atoms with Gasteiger partial charge in [-0.3, -0.25) is 9.89 Å². The van der Waals surface area contributed by atoms with Gasteiger partial charge in [-0.15, -0.1) is 0 Å². The van der Waals surface area contributed by atoms with Crippen LogP contribution in [0.5, 0.6) is 5.88 Å². The van der Waals surface area contributed by atoms with E-state index in [0.29, 0.717) is 21.5 Å². The second-order valence-electron chi connectivity index (χ2n) is 7.98. The molecule has 5 aromatic rings. The van der Waals surface area contributed by atoms with Crippen molar-refractivity contribution in [3.8, 4) is 28.3 Å². The zero-order valence-corrected chi connectivity index (χ0v) is 20.2. The van der Waals surface area contributed by atoms with Crippen LogP contribution in [0.2, 0.25) is 0 Å². The number of hydrogen-bond acceptors (Lipinski definition) is 5. The quantitative estimate of drug-likeness (QED) is 0.321. The standard InChI is InChI=1S/C26H20BrFN4O3/c1-35-24-11-17(4-6-29-24)26-21-10-15(2-3-22(21)30-31-26)16-5-7-32(25(34)12-16)23(14-33)18-8-19(27)13-20(28)9-18/h2-13,23,33H,14H2,1H3,(H,30,31)/t23-/m1/s1. The molecule has 3 heterocycles. The largest absolute Gasteiger partial charge is 0.481 e. The van der Waals surface area contributed by atoms with Gasteiger partial charge in [0.25, 0.3) is 5.56 Å². The Balaban J connectivity index is 1.54. The van der Waals surface area contributed by atoms with Crippen LogP contribution in [0, 0.1) is 5.82 Å². The van der Waals surface area contributed by atoms with Crippen LogP contribution in [0.1, 0.15) is 11.6 Å². The summed E-state index contributed by atoms with van der Waals surface area (Å²) in [6.45, 7) is -0.352. The molecular formula is C26H20BrFN4O3. The van der Waals surface area contributed by atoms with Gasteiger partial charge in [0.2, 0.25) is 5.88 Å². The van der Waals surface area contributed by atoms with Crippen LogP contribution in [-0.4, -0.2) is 38.6 Å². The minimum atomic E-state index is -0.715. The van der Waals surface area contributed by atoms with Gasteiger partial charge in [0.1, 0.15) is 11.5 Å². The average Bonchev–Trinajstić information content (AvgIpc) is 3.28. The first-order valence-electron chi connectivity index (χ1n) is 10.7. The zero-order valence-electron chi connectivity index (χ0n) is 18.6. The summed E-state index contributed by atoms with van der Waals surface area (Å²) >= 11 is 3.26. The molecule has 0 saturated carbocycles. The lowest BCUT2D eigenvalue weighted by Gasteiger charge is -2.19. The lowest BCUT2D eigenvalue weighted by molar-refractivity contribution is 0.246. The van der Waals surface area contributed by atoms with Crippen LogP contribution in [0.4, 0.5) is 4.39 Å². The fraction of sp³-hybridized carbons (Fsp3) is 0.115. The number of benzene rings is 2. The third kappa shape index (κ3) is 4.48. The number of ether oxygens (including phenoxy) is 1. The van der Waals surface area contributed by atoms with E-state index >= 15 is 0 Å². The number of fused-ring (bicyclic) bond motifs is 1. The Hall–Kier alpha value is -3.82. The molecule has 7 nitrogen and oxygen atoms in total. The maximum atomic E-state index is 13.9. The van der Waals surface area contributed by atoms with Crippen molar-refractivity contribution >= 4 is 26.8 Å². The minimum Gasteiger partial charge on any atom is -0.481 e. The number of H-pyrrole nitrogens is 1. The topological polar surface area (TPSA) is 93.0 Å². The average molecular weight is 535 g/mol. The molecule has 0 saturated heterocycles. The molecule has 2 N–H and O–H groups in total. The number of aliphatic hydroxyl groups excluding tert-OH is 1. The predicted octanol–water partition coefficient (Wildman–Crippen LogP) is 4.95. The number of pyridine rings is 2. The molecule has 0 fully saturated rings. The molecular weight excluding hydrogens is 515 g/mol. The summed E-state index contributed by atoms with van der Waals surface area (Å²) in [4.78, 5) is 17.2. The fourth-order valence-corrected chi connectivity index (χ4v) is 4.61. The number of aromatic nitrogens is 4. The Morgan fingerprint density at radius 2 is 1.91 bits per heavy atom. The van der Waals surface area contributed by atoms with Crippen LogP contribution in [-0.2, 0) is 0 Å². The second kappa shape index (κ2) is 9.44. The van der Waals surface area contributed by atoms with E-state index in [2.05, 4.69) is 31.1 Å². The highest BCUT2D eigenvalue weighted by molar-refractivity contribution is 9.10. The Labute approximate surface area is 208 Å². The second-order valence-corrected chi connectivity index (χ2v) is 8.90. The number of aromatic amines is 1. The van der Waals surface area contributed by atoms with Crippen molar-refractivity contribution in [3.63, 3.8) is 0 Å². The number of halogens is 2. The number of aliphatic hydroxyl groups is 1. The molecule has 0 radical (unpaired) electrons. The first-order chi connectivity index (χ1) is 17.0. The highest BCUT2D eigenvalue weighted by atomic mass is 79.9. The van der Waals surface area contributed by atoms with Gasteiger partial charge >= 0.3 is 0 Å². The van der Waals surface area contributed by atoms with E-state index in [4.69, 9.17) is 4.74 Å². The van der Waals surface area contributed by atoms with E-state index < -0.39 is 11.9 Å². The number of hydrogen-bond donors (Lipinski definition) is 2. The van der Waals surface area contributed by atoms with E-state index in [9.17, 15) is 14.3 Å². The third-order valence-corrected chi connectivity index (χ3v) is 6.30. The van der Waals surface area contributed by atoms with Crippen LogP contribution in [0.15, 0.2) is 82.3 Å². The van der Waals surface area contributed by atoms with Crippen LogP contribution >= 0.6 is 15.9 Å². The number of methoxy groups -OCH3 is 1. The molecule has 176 valence electrons. The van der Waals surface area contributed by atoms with Crippen LogP contribution in [0.3, 0.4) is 0 Å². The van der Waals surface area contributed by atoms with E-state index in [1.54, 1.807) is 31.6 Å². The van der Waals surface area contributed by atoms with Crippen molar-refractivity contribution in [1.82, 2.24) is 19.7 Å². The lowest BCUT2D eigenvalue weighted by atomic mass is 10.0. The summed E-state index contributed by atoms with van der Waals surface area (Å²) < 4.78 is 21.1. The summed E-state index contributed by atoms with van der Waals surface area (Å²) in [6, 6.07) is 16.4. The molecule has 0 bridgehead atoms. The minimum absolute atomic E-state index is 0.312. The van der Waals surface area contributed by atoms with Gasteiger partial charge < -0.3 is 14.4 Å². The van der Waals surface area contributed by atoms with Gasteiger partial charge in [0, 0.05) is 39.9 Å². The van der Waals surface area contributed by atoms with Crippen molar-refractivity contribution in [2.24, 2.45) is 0 Å². The normalized spacial score (nSPS) is 12.1. The molecule has 35 heavy (non-hydrogen) atoms. The van der Waals surface area contributed by atoms with Crippen LogP contribution in [0.25, 0.3) is 33.3 Å². The Morgan fingerprint density at radius 3 is 2.66 bits per heavy atom. The van der Waals surface area contributed by atoms with E-state index in [-0.39, 0.29) is 12.2 Å². The maximum Gasteiger partial charge on any atom is 0.251 e. The number of rotatable bonds is 6. The fourth-order valence-electron chi connectivity index (χ4n) is 4.13. The smallest absolute Gasteiger partial charge is 0.251 e. The number of nitrogens with one attached hydrogen (secondary N) is 1. The first kappa shape index (κ1) is 22.9. The monoisotopic (exact) mass is 534 g/mol. The summed E-state index contributed by atoms with van der Waals surface area (Å²) in [7, 11) is 1.56. The van der Waals surface area contributed by atoms with E-state index in [0.717, 1.165) is 27.7 Å². The van der Waals surface area contributed by atoms with E-state index in [1.807, 2.05) is 30.3 Å². The molecule has 0 aliphatic carbocycles. The Bertz CT molecular complexity index is 1580. The van der Waals surface area contributed by atoms with Crippen molar-refractivity contribution in [2.45, 2.75) is 6.04 Å². The van der Waals surface area contributed by atoms with Gasteiger partial charge in [-0.05, 0) is 59.2 Å². The van der Waals surface area contributed by atoms with Crippen molar-refractivity contribution < 1.29 is 14.2 Å². The Morgan fingerprint density at radius 1 is 1.09 bits per heavy atom. The summed E-state index contributed by atoms with van der Waals surface area (Å²) in [5.41, 5.74) is 4.17. The van der Waals surface area contributed by atoms with Gasteiger partial charge in [-0.2, -0.15) is 5.10 Å². The van der Waals surface area contributed by atoms with Gasteiger partial charge in [-0.25, -0.2) is 9.37 Å². The van der Waals surface area contributed by atoms with Crippen molar-refractivity contribution in [2.75, 3.05) is 13.7 Å². The SMILES string of the molecule is COc1cc(-c2n[nH]c3ccc(-c4ccn([C@H](CO)c5cc(F)cc(Br)c5)c(=O)c4)cc23)ccn1. The predicted molar refractivity (Wildman–Crippen MR) is 135 cm³/mol. The van der Waals surface area contributed by atoms with Gasteiger partial charge in [0.15, 0.2) is 0 Å². The van der Waals surface area contributed by atoms with Crippen molar-refractivity contribution in [1.29, 1.82) is 0 Å². The number of nitrogens with zero attached hydrogens (tertiary/aromatic N) is 3. The summed E-state index contributed by atoms with van der Waals surface area (Å²) in [5, 5.41) is 18.3. The molecule has 9 heteroatoms. The molecule has 1 atom stereocenters. The van der Waals surface area contributed by atoms with Gasteiger partial charge in [0.05, 0.1) is 25.3 Å². The lowest BCUT2D eigenvalue weighted by Crippen LogP contribution is -2.27. The summed E-state index contributed by atoms with van der Waals surface area (Å²) in [6.07, 6.45) is 3.28. The molecule has 3 aromatic heterocycles. The third-order valence-electron chi connectivity index (χ3n) is 5.84. The van der Waals surface area contributed by atoms with Gasteiger partial charge in [-0.1, -0.05) is 22.0 Å². The molecule has 0 spiro atoms. The van der Waals surface area contributed by atoms with Crippen molar-refractivity contribution in [3.05, 3.63) is 99.3 Å². The molecule has 5 rings (SSSR count). The molecule has 0 amide bonds. The molecule has 0 unspecified atom stereocenters. The molecule has 0 aliphatic heterocycles. The van der Waals surface area contributed by atoms with E-state index in [1.165, 1.54) is 22.8 Å². The highest BCUT2D eigenvalue weighted by Crippen LogP contribution is 2.31. The first-order valence-corrected chi connectivity index (χ1v) is 11.5. The molecule has 0 aliphatic rings. The zero-order chi connectivity index (χ0) is 24.5. The maximum absolute atomic E-state index is 13.9.